The average Bonchev–Trinajstić information content (AvgIpc) is 2.91. The maximum Gasteiger partial charge on any atom is 0.331 e. The molecule has 0 unspecified atom stereocenters. The number of aliphatic hydroxyl groups excluding tert-OH is 6. The van der Waals surface area contributed by atoms with E-state index in [-0.39, 0.29) is 18.9 Å². The summed E-state index contributed by atoms with van der Waals surface area (Å²) < 4.78 is 16.7. The van der Waals surface area contributed by atoms with Crippen LogP contribution in [0.2, 0.25) is 0 Å². The van der Waals surface area contributed by atoms with Gasteiger partial charge in [-0.3, -0.25) is 0 Å². The summed E-state index contributed by atoms with van der Waals surface area (Å²) >= 11 is 0. The Balaban J connectivity index is 2.10. The van der Waals surface area contributed by atoms with Crippen molar-refractivity contribution in [1.82, 2.24) is 0 Å². The van der Waals surface area contributed by atoms with E-state index < -0.39 is 61.6 Å². The zero-order chi connectivity index (χ0) is 29.3. The van der Waals surface area contributed by atoms with Crippen LogP contribution in [0.4, 0.5) is 0 Å². The van der Waals surface area contributed by atoms with Gasteiger partial charge in [-0.25, -0.2) is 4.79 Å². The van der Waals surface area contributed by atoms with Crippen LogP contribution in [-0.2, 0) is 19.0 Å². The van der Waals surface area contributed by atoms with Crippen molar-refractivity contribution in [2.24, 2.45) is 0 Å². The Hall–Kier alpha value is -2.41. The van der Waals surface area contributed by atoms with E-state index in [4.69, 9.17) is 14.2 Å². The number of allylic oxidation sites excluding steroid dienone is 7. The highest BCUT2D eigenvalue weighted by Crippen LogP contribution is 2.24. The first-order valence-electron chi connectivity index (χ1n) is 13.7. The number of hydrogen-bond donors (Lipinski definition) is 6. The summed E-state index contributed by atoms with van der Waals surface area (Å²) in [6, 6.07) is 0. The highest BCUT2D eigenvalue weighted by atomic mass is 16.7. The largest absolute Gasteiger partial charge is 0.460 e. The molecule has 0 aromatic rings. The Morgan fingerprint density at radius 3 is 2.35 bits per heavy atom. The van der Waals surface area contributed by atoms with Crippen LogP contribution in [-0.4, -0.2) is 98.3 Å². The predicted molar refractivity (Wildman–Crippen MR) is 149 cm³/mol. The lowest BCUT2D eigenvalue weighted by molar-refractivity contribution is -0.308. The average molecular weight is 565 g/mol. The normalized spacial score (nSPS) is 40.6. The fourth-order valence-corrected chi connectivity index (χ4v) is 4.09. The second-order valence-corrected chi connectivity index (χ2v) is 9.89. The molecule has 2 aliphatic rings. The van der Waals surface area contributed by atoms with Gasteiger partial charge in [-0.05, 0) is 39.0 Å². The summed E-state index contributed by atoms with van der Waals surface area (Å²) in [5.74, 6) is -0.428. The molecule has 9 atom stereocenters. The maximum atomic E-state index is 11.9. The minimum atomic E-state index is -1.57. The molecule has 2 aliphatic heterocycles. The standard InChI is InChI=1S/C30H44O10/c1-21-13-7-3-2-4-11-17-24(39-30-29(37)28(36)27(35)25(20-31)40-30)19-23(33)16-10-5-8-14-22(32)15-9-6-12-18-26(34)38-21/h2,4-6,8-12,14,17-18,21-25,27-33,35-37H,3,7,13,15-16,19-20H2,1H3/b4-2+,9-6+,10-5+,14-8+,17-11+,18-12-/t21-,22+,23-,24-,25+,27+,28+,29+,30+/m0/s1. The number of cyclic esters (lactones) is 1. The second kappa shape index (κ2) is 18.8. The Morgan fingerprint density at radius 2 is 1.57 bits per heavy atom. The number of aliphatic hydroxyl groups is 6. The third kappa shape index (κ3) is 12.8. The lowest BCUT2D eigenvalue weighted by Crippen LogP contribution is -2.59. The van der Waals surface area contributed by atoms with E-state index >= 15 is 0 Å². The number of rotatable bonds is 3. The molecular weight excluding hydrogens is 520 g/mol. The van der Waals surface area contributed by atoms with Crippen molar-refractivity contribution in [2.75, 3.05) is 6.61 Å². The zero-order valence-electron chi connectivity index (χ0n) is 22.9. The van der Waals surface area contributed by atoms with Crippen LogP contribution in [0.5, 0.6) is 0 Å². The number of ether oxygens (including phenoxy) is 3. The topological polar surface area (TPSA) is 166 Å². The Labute approximate surface area is 235 Å². The first-order valence-corrected chi connectivity index (χ1v) is 13.7. The van der Waals surface area contributed by atoms with Crippen molar-refractivity contribution >= 4 is 5.97 Å². The van der Waals surface area contributed by atoms with E-state index in [0.717, 1.165) is 12.8 Å². The smallest absolute Gasteiger partial charge is 0.331 e. The molecule has 2 heterocycles. The summed E-state index contributed by atoms with van der Waals surface area (Å²) in [6.45, 7) is 1.26. The minimum Gasteiger partial charge on any atom is -0.460 e. The summed E-state index contributed by atoms with van der Waals surface area (Å²) in [5.41, 5.74) is 0. The van der Waals surface area contributed by atoms with Crippen molar-refractivity contribution in [1.29, 1.82) is 0 Å². The van der Waals surface area contributed by atoms with Crippen molar-refractivity contribution in [3.8, 4) is 0 Å². The number of hydrogen-bond acceptors (Lipinski definition) is 10. The molecule has 0 aromatic heterocycles. The van der Waals surface area contributed by atoms with E-state index in [2.05, 4.69) is 0 Å². The van der Waals surface area contributed by atoms with Gasteiger partial charge in [-0.2, -0.15) is 0 Å². The first-order chi connectivity index (χ1) is 19.2. The lowest BCUT2D eigenvalue weighted by atomic mass is 9.99. The van der Waals surface area contributed by atoms with Gasteiger partial charge in [-0.1, -0.05) is 66.8 Å². The molecule has 0 radical (unpaired) electrons. The summed E-state index contributed by atoms with van der Waals surface area (Å²) in [5, 5.41) is 60.6. The molecule has 0 bridgehead atoms. The molecule has 10 nitrogen and oxygen atoms in total. The highest BCUT2D eigenvalue weighted by Gasteiger charge is 2.44. The molecule has 2 rings (SSSR count). The second-order valence-electron chi connectivity index (χ2n) is 9.89. The monoisotopic (exact) mass is 564 g/mol. The highest BCUT2D eigenvalue weighted by molar-refractivity contribution is 5.82. The number of esters is 1. The van der Waals surface area contributed by atoms with E-state index in [1.807, 2.05) is 19.1 Å². The van der Waals surface area contributed by atoms with Gasteiger partial charge in [0.15, 0.2) is 6.29 Å². The quantitative estimate of drug-likeness (QED) is 0.277. The fourth-order valence-electron chi connectivity index (χ4n) is 4.09. The predicted octanol–water partition coefficient (Wildman–Crippen LogP) is 1.52. The van der Waals surface area contributed by atoms with E-state index in [0.29, 0.717) is 12.8 Å². The van der Waals surface area contributed by atoms with Crippen LogP contribution < -0.4 is 0 Å². The zero-order valence-corrected chi connectivity index (χ0v) is 22.9. The van der Waals surface area contributed by atoms with Gasteiger partial charge < -0.3 is 44.8 Å². The van der Waals surface area contributed by atoms with Gasteiger partial charge >= 0.3 is 5.97 Å². The van der Waals surface area contributed by atoms with Crippen molar-refractivity contribution < 1.29 is 49.6 Å². The maximum absolute atomic E-state index is 11.9. The van der Waals surface area contributed by atoms with Crippen molar-refractivity contribution in [2.45, 2.75) is 101 Å². The van der Waals surface area contributed by atoms with Gasteiger partial charge in [-0.15, -0.1) is 0 Å². The first kappa shape index (κ1) is 33.8. The van der Waals surface area contributed by atoms with Crippen LogP contribution in [0.25, 0.3) is 0 Å². The Morgan fingerprint density at radius 1 is 0.875 bits per heavy atom. The lowest BCUT2D eigenvalue weighted by Gasteiger charge is -2.40. The number of carbonyl (C=O) groups excluding carboxylic acids is 1. The molecule has 0 spiro atoms. The molecule has 1 fully saturated rings. The molecule has 0 aromatic carbocycles. The van der Waals surface area contributed by atoms with Crippen molar-refractivity contribution in [3.05, 3.63) is 72.9 Å². The third-order valence-electron chi connectivity index (χ3n) is 6.38. The Bertz CT molecular complexity index is 906. The van der Waals surface area contributed by atoms with Gasteiger partial charge in [0, 0.05) is 12.5 Å². The molecule has 40 heavy (non-hydrogen) atoms. The van der Waals surface area contributed by atoms with Crippen molar-refractivity contribution in [3.63, 3.8) is 0 Å². The Kier molecular flexibility index (Phi) is 15.9. The minimum absolute atomic E-state index is 0.136. The molecule has 1 saturated heterocycles. The summed E-state index contributed by atoms with van der Waals surface area (Å²) in [4.78, 5) is 11.9. The molecular formula is C30H44O10. The molecule has 0 saturated carbocycles. The van der Waals surface area contributed by atoms with Gasteiger partial charge in [0.2, 0.25) is 0 Å². The SMILES string of the molecule is C[C@H]1CCC/C=C/C=C/[C@H](O[C@@H]2O[C@H](CO)[C@@H](O)[C@@H](O)[C@H]2O)C[C@@H](O)C/C=C/C=C/[C@@H](O)C/C=C/C=C\C(=O)O1. The number of carbonyl (C=O) groups is 1. The molecule has 6 N–H and O–H groups in total. The fraction of sp³-hybridized carbons (Fsp3) is 0.567. The van der Waals surface area contributed by atoms with Crippen LogP contribution in [0, 0.1) is 0 Å². The van der Waals surface area contributed by atoms with E-state index in [1.165, 1.54) is 6.08 Å². The van der Waals surface area contributed by atoms with Gasteiger partial charge in [0.05, 0.1) is 31.0 Å². The van der Waals surface area contributed by atoms with Gasteiger partial charge in [0.1, 0.15) is 24.4 Å². The third-order valence-corrected chi connectivity index (χ3v) is 6.38. The summed E-state index contributed by atoms with van der Waals surface area (Å²) in [6.07, 6.45) is 13.7. The summed E-state index contributed by atoms with van der Waals surface area (Å²) in [7, 11) is 0. The van der Waals surface area contributed by atoms with E-state index in [9.17, 15) is 35.4 Å². The molecule has 0 aliphatic carbocycles. The van der Waals surface area contributed by atoms with Crippen LogP contribution >= 0.6 is 0 Å². The van der Waals surface area contributed by atoms with Crippen LogP contribution in [0.15, 0.2) is 72.9 Å². The van der Waals surface area contributed by atoms with E-state index in [1.54, 1.807) is 54.7 Å². The molecule has 10 heteroatoms. The van der Waals surface area contributed by atoms with Crippen LogP contribution in [0.3, 0.4) is 0 Å². The molecule has 224 valence electrons. The van der Waals surface area contributed by atoms with Crippen LogP contribution in [0.1, 0.15) is 45.4 Å². The van der Waals surface area contributed by atoms with Gasteiger partial charge in [0.25, 0.3) is 0 Å². The molecule has 0 amide bonds.